The summed E-state index contributed by atoms with van der Waals surface area (Å²) in [6.07, 6.45) is 3.80. The van der Waals surface area contributed by atoms with E-state index in [0.717, 1.165) is 11.4 Å². The van der Waals surface area contributed by atoms with Gasteiger partial charge in [-0.2, -0.15) is 0 Å². The highest BCUT2D eigenvalue weighted by Gasteiger charge is 2.12. The van der Waals surface area contributed by atoms with Crippen LogP contribution < -0.4 is 0 Å². The molecule has 0 fully saturated rings. The van der Waals surface area contributed by atoms with Gasteiger partial charge in [-0.15, -0.1) is 11.8 Å². The largest absolute Gasteiger partial charge is 0.256 e. The average molecular weight is 346 g/mol. The summed E-state index contributed by atoms with van der Waals surface area (Å²) >= 11 is 1.85. The molecule has 25 heavy (non-hydrogen) atoms. The van der Waals surface area contributed by atoms with Crippen LogP contribution in [-0.2, 0) is 0 Å². The first-order valence-corrected chi connectivity index (χ1v) is 9.55. The van der Waals surface area contributed by atoms with Crippen LogP contribution in [0.15, 0.2) is 66.2 Å². The van der Waals surface area contributed by atoms with Crippen LogP contribution in [0.3, 0.4) is 0 Å². The highest BCUT2D eigenvalue weighted by atomic mass is 32.2. The first-order chi connectivity index (χ1) is 12.1. The van der Waals surface area contributed by atoms with Gasteiger partial charge in [-0.05, 0) is 54.5 Å². The standard InChI is InChI=1S/C23H23NS/c1-5-18-11-12-19(15-22(18)25-6-2)20-8-7-13-24-23(20)21-14-16(3)9-10-17(21)4/h5,7-15H,1,6H2,2-4H3. The third-order valence-electron chi connectivity index (χ3n) is 4.30. The monoisotopic (exact) mass is 345 g/mol. The Morgan fingerprint density at radius 3 is 2.64 bits per heavy atom. The first kappa shape index (κ1) is 17.5. The average Bonchev–Trinajstić information content (AvgIpc) is 2.64. The predicted molar refractivity (Wildman–Crippen MR) is 111 cm³/mol. The molecule has 0 aliphatic carbocycles. The fraction of sp³-hybridized carbons (Fsp3) is 0.174. The number of hydrogen-bond acceptors (Lipinski definition) is 2. The second kappa shape index (κ2) is 7.71. The fourth-order valence-corrected chi connectivity index (χ4v) is 3.83. The van der Waals surface area contributed by atoms with E-state index < -0.39 is 0 Å². The van der Waals surface area contributed by atoms with Crippen LogP contribution in [0.25, 0.3) is 28.5 Å². The van der Waals surface area contributed by atoms with Gasteiger partial charge in [0.1, 0.15) is 0 Å². The molecule has 1 nitrogen and oxygen atoms in total. The number of aryl methyl sites for hydroxylation is 2. The molecule has 0 aliphatic rings. The quantitative estimate of drug-likeness (QED) is 0.472. The number of nitrogens with zero attached hydrogens (tertiary/aromatic N) is 1. The van der Waals surface area contributed by atoms with Gasteiger partial charge in [0.2, 0.25) is 0 Å². The van der Waals surface area contributed by atoms with Crippen molar-refractivity contribution in [2.75, 3.05) is 5.75 Å². The molecule has 1 heterocycles. The summed E-state index contributed by atoms with van der Waals surface area (Å²) in [6, 6.07) is 17.3. The van der Waals surface area contributed by atoms with E-state index in [1.54, 1.807) is 0 Å². The van der Waals surface area contributed by atoms with Crippen molar-refractivity contribution in [3.63, 3.8) is 0 Å². The molecule has 126 valence electrons. The third kappa shape index (κ3) is 3.69. The lowest BCUT2D eigenvalue weighted by Gasteiger charge is -2.14. The number of rotatable bonds is 5. The topological polar surface area (TPSA) is 12.9 Å². The highest BCUT2D eigenvalue weighted by molar-refractivity contribution is 7.99. The summed E-state index contributed by atoms with van der Waals surface area (Å²) in [6.45, 7) is 10.4. The minimum Gasteiger partial charge on any atom is -0.256 e. The molecule has 0 aliphatic heterocycles. The van der Waals surface area contributed by atoms with E-state index in [-0.39, 0.29) is 0 Å². The van der Waals surface area contributed by atoms with Gasteiger partial charge in [-0.25, -0.2) is 0 Å². The molecule has 0 saturated carbocycles. The minimum absolute atomic E-state index is 1.04. The summed E-state index contributed by atoms with van der Waals surface area (Å²) in [5.41, 5.74) is 8.30. The number of thioether (sulfide) groups is 1. The Bertz CT molecular complexity index is 912. The number of benzene rings is 2. The number of hydrogen-bond donors (Lipinski definition) is 0. The van der Waals surface area contributed by atoms with Crippen molar-refractivity contribution in [1.82, 2.24) is 4.98 Å². The van der Waals surface area contributed by atoms with E-state index in [9.17, 15) is 0 Å². The van der Waals surface area contributed by atoms with Crippen molar-refractivity contribution in [2.45, 2.75) is 25.7 Å². The van der Waals surface area contributed by atoms with Gasteiger partial charge >= 0.3 is 0 Å². The van der Waals surface area contributed by atoms with E-state index in [0.29, 0.717) is 0 Å². The van der Waals surface area contributed by atoms with Crippen LogP contribution in [0.4, 0.5) is 0 Å². The molecular formula is C23H23NS. The lowest BCUT2D eigenvalue weighted by molar-refractivity contribution is 1.29. The molecule has 0 atom stereocenters. The van der Waals surface area contributed by atoms with Crippen molar-refractivity contribution >= 4 is 17.8 Å². The van der Waals surface area contributed by atoms with Crippen molar-refractivity contribution in [2.24, 2.45) is 0 Å². The fourth-order valence-electron chi connectivity index (χ4n) is 2.99. The second-order valence-electron chi connectivity index (χ2n) is 6.11. The van der Waals surface area contributed by atoms with Gasteiger partial charge in [0.05, 0.1) is 5.69 Å². The summed E-state index contributed by atoms with van der Waals surface area (Å²) < 4.78 is 0. The minimum atomic E-state index is 1.04. The Hall–Kier alpha value is -2.32. The van der Waals surface area contributed by atoms with Crippen LogP contribution in [0.1, 0.15) is 23.6 Å². The summed E-state index contributed by atoms with van der Waals surface area (Å²) in [4.78, 5) is 5.99. The Kier molecular flexibility index (Phi) is 5.40. The second-order valence-corrected chi connectivity index (χ2v) is 7.41. The zero-order valence-electron chi connectivity index (χ0n) is 15.0. The molecule has 0 radical (unpaired) electrons. The molecule has 2 heteroatoms. The molecule has 0 saturated heterocycles. The third-order valence-corrected chi connectivity index (χ3v) is 5.25. The molecule has 0 unspecified atom stereocenters. The smallest absolute Gasteiger partial charge is 0.0783 e. The summed E-state index contributed by atoms with van der Waals surface area (Å²) in [5, 5.41) is 0. The van der Waals surface area contributed by atoms with Crippen LogP contribution in [0.5, 0.6) is 0 Å². The number of pyridine rings is 1. The molecule has 0 N–H and O–H groups in total. The maximum Gasteiger partial charge on any atom is 0.0783 e. The molecule has 0 spiro atoms. The van der Waals surface area contributed by atoms with Gasteiger partial charge in [-0.1, -0.05) is 55.5 Å². The van der Waals surface area contributed by atoms with E-state index >= 15 is 0 Å². The van der Waals surface area contributed by atoms with Crippen molar-refractivity contribution in [3.05, 3.63) is 78.0 Å². The zero-order valence-corrected chi connectivity index (χ0v) is 15.9. The van der Waals surface area contributed by atoms with Crippen molar-refractivity contribution < 1.29 is 0 Å². The van der Waals surface area contributed by atoms with Crippen LogP contribution in [-0.4, -0.2) is 10.7 Å². The molecule has 0 bridgehead atoms. The van der Waals surface area contributed by atoms with Gasteiger partial charge in [0.15, 0.2) is 0 Å². The maximum atomic E-state index is 4.72. The van der Waals surface area contributed by atoms with Crippen LogP contribution in [0.2, 0.25) is 0 Å². The lowest BCUT2D eigenvalue weighted by atomic mass is 9.95. The number of aromatic nitrogens is 1. The molecule has 1 aromatic heterocycles. The summed E-state index contributed by atoms with van der Waals surface area (Å²) in [5.74, 6) is 1.04. The Morgan fingerprint density at radius 2 is 1.88 bits per heavy atom. The highest BCUT2D eigenvalue weighted by Crippen LogP contribution is 2.35. The van der Waals surface area contributed by atoms with Crippen LogP contribution in [0, 0.1) is 13.8 Å². The Balaban J connectivity index is 2.18. The SMILES string of the molecule is C=Cc1ccc(-c2cccnc2-c2cc(C)ccc2C)cc1SCC. The maximum absolute atomic E-state index is 4.72. The van der Waals surface area contributed by atoms with Crippen LogP contribution >= 0.6 is 11.8 Å². The van der Waals surface area contributed by atoms with Crippen molar-refractivity contribution in [3.8, 4) is 22.4 Å². The Labute approximate surface area is 154 Å². The molecule has 2 aromatic carbocycles. The van der Waals surface area contributed by atoms with E-state index in [2.05, 4.69) is 69.8 Å². The zero-order chi connectivity index (χ0) is 17.8. The molecule has 0 amide bonds. The lowest BCUT2D eigenvalue weighted by Crippen LogP contribution is -1.93. The van der Waals surface area contributed by atoms with Crippen molar-refractivity contribution in [1.29, 1.82) is 0 Å². The van der Waals surface area contributed by atoms with Gasteiger partial charge in [0.25, 0.3) is 0 Å². The molecule has 3 aromatic rings. The van der Waals surface area contributed by atoms with Gasteiger partial charge < -0.3 is 0 Å². The van der Waals surface area contributed by atoms with Gasteiger partial charge in [0, 0.05) is 22.2 Å². The molecule has 3 rings (SSSR count). The Morgan fingerprint density at radius 1 is 1.04 bits per heavy atom. The van der Waals surface area contributed by atoms with E-state index in [1.807, 2.05) is 30.1 Å². The summed E-state index contributed by atoms with van der Waals surface area (Å²) in [7, 11) is 0. The van der Waals surface area contributed by atoms with E-state index in [4.69, 9.17) is 4.98 Å². The van der Waals surface area contributed by atoms with Gasteiger partial charge in [-0.3, -0.25) is 4.98 Å². The predicted octanol–water partition coefficient (Wildman–Crippen LogP) is 6.79. The normalized spacial score (nSPS) is 10.7. The first-order valence-electron chi connectivity index (χ1n) is 8.56. The molecular weight excluding hydrogens is 322 g/mol. The van der Waals surface area contributed by atoms with E-state index in [1.165, 1.54) is 38.3 Å².